The molecule has 2 rings (SSSR count). The van der Waals surface area contributed by atoms with E-state index >= 15 is 0 Å². The Hall–Kier alpha value is -0.0800. The van der Waals surface area contributed by atoms with Crippen LogP contribution >= 0.6 is 0 Å². The van der Waals surface area contributed by atoms with E-state index in [1.54, 1.807) is 0 Å². The quantitative estimate of drug-likeness (QED) is 0.775. The standard InChI is InChI=1S/C14H28N2/c1-12-5-4-6-13(9-12)10-16-8-7-15-11-14(16,2)3/h12-13,15H,4-11H2,1-3H3. The third-order valence-corrected chi connectivity index (χ3v) is 4.50. The second kappa shape index (κ2) is 5.05. The summed E-state index contributed by atoms with van der Waals surface area (Å²) < 4.78 is 0. The maximum absolute atomic E-state index is 3.51. The number of rotatable bonds is 2. The zero-order valence-corrected chi connectivity index (χ0v) is 11.3. The van der Waals surface area contributed by atoms with Gasteiger partial charge in [-0.15, -0.1) is 0 Å². The Balaban J connectivity index is 1.87. The maximum Gasteiger partial charge on any atom is 0.0278 e. The molecule has 0 aromatic heterocycles. The highest BCUT2D eigenvalue weighted by Crippen LogP contribution is 2.30. The van der Waals surface area contributed by atoms with Gasteiger partial charge < -0.3 is 5.32 Å². The van der Waals surface area contributed by atoms with Gasteiger partial charge in [-0.25, -0.2) is 0 Å². The van der Waals surface area contributed by atoms with Crippen LogP contribution in [0.25, 0.3) is 0 Å². The Kier molecular flexibility index (Phi) is 3.91. The molecule has 94 valence electrons. The molecule has 2 heteroatoms. The first-order chi connectivity index (χ1) is 7.58. The molecule has 16 heavy (non-hydrogen) atoms. The molecule has 2 fully saturated rings. The highest BCUT2D eigenvalue weighted by Gasteiger charge is 2.31. The SMILES string of the molecule is CC1CCCC(CN2CCNCC2(C)C)C1. The lowest BCUT2D eigenvalue weighted by molar-refractivity contribution is 0.0603. The van der Waals surface area contributed by atoms with Crippen LogP contribution < -0.4 is 5.32 Å². The topological polar surface area (TPSA) is 15.3 Å². The molecule has 0 amide bonds. The largest absolute Gasteiger partial charge is 0.314 e. The van der Waals surface area contributed by atoms with E-state index in [0.717, 1.165) is 18.4 Å². The highest BCUT2D eigenvalue weighted by atomic mass is 15.2. The molecular weight excluding hydrogens is 196 g/mol. The van der Waals surface area contributed by atoms with Crippen LogP contribution in [0.2, 0.25) is 0 Å². The lowest BCUT2D eigenvalue weighted by Gasteiger charge is -2.45. The van der Waals surface area contributed by atoms with Crippen LogP contribution in [-0.4, -0.2) is 36.6 Å². The van der Waals surface area contributed by atoms with Gasteiger partial charge in [-0.3, -0.25) is 4.90 Å². The molecule has 1 aliphatic heterocycles. The molecule has 0 bridgehead atoms. The number of hydrogen-bond donors (Lipinski definition) is 1. The summed E-state index contributed by atoms with van der Waals surface area (Å²) in [5.41, 5.74) is 0.360. The third-order valence-electron chi connectivity index (χ3n) is 4.50. The van der Waals surface area contributed by atoms with E-state index < -0.39 is 0 Å². The van der Waals surface area contributed by atoms with Gasteiger partial charge in [-0.1, -0.05) is 19.8 Å². The van der Waals surface area contributed by atoms with Crippen LogP contribution in [0.3, 0.4) is 0 Å². The molecule has 1 saturated carbocycles. The monoisotopic (exact) mass is 224 g/mol. The highest BCUT2D eigenvalue weighted by molar-refractivity contribution is 4.89. The van der Waals surface area contributed by atoms with Crippen LogP contribution in [0.4, 0.5) is 0 Å². The normalized spacial score (nSPS) is 36.2. The maximum atomic E-state index is 3.51. The fraction of sp³-hybridized carbons (Fsp3) is 1.00. The molecule has 0 aromatic rings. The molecular formula is C14H28N2. The van der Waals surface area contributed by atoms with Crippen molar-refractivity contribution >= 4 is 0 Å². The van der Waals surface area contributed by atoms with Gasteiger partial charge in [-0.2, -0.15) is 0 Å². The average Bonchev–Trinajstić information content (AvgIpc) is 2.21. The Morgan fingerprint density at radius 3 is 2.81 bits per heavy atom. The summed E-state index contributed by atoms with van der Waals surface area (Å²) in [6.45, 7) is 12.1. The van der Waals surface area contributed by atoms with Crippen LogP contribution in [0, 0.1) is 11.8 Å². The molecule has 2 atom stereocenters. The van der Waals surface area contributed by atoms with Crippen molar-refractivity contribution < 1.29 is 0 Å². The first kappa shape index (κ1) is 12.4. The molecule has 2 unspecified atom stereocenters. The smallest absolute Gasteiger partial charge is 0.0278 e. The molecule has 1 aliphatic carbocycles. The van der Waals surface area contributed by atoms with Gasteiger partial charge >= 0.3 is 0 Å². The molecule has 1 heterocycles. The van der Waals surface area contributed by atoms with Crippen LogP contribution in [0.15, 0.2) is 0 Å². The van der Waals surface area contributed by atoms with Gasteiger partial charge in [0.25, 0.3) is 0 Å². The van der Waals surface area contributed by atoms with Crippen molar-refractivity contribution in [2.24, 2.45) is 11.8 Å². The van der Waals surface area contributed by atoms with E-state index in [2.05, 4.69) is 31.0 Å². The molecule has 0 radical (unpaired) electrons. The predicted molar refractivity (Wildman–Crippen MR) is 69.6 cm³/mol. The van der Waals surface area contributed by atoms with E-state index in [9.17, 15) is 0 Å². The molecule has 0 aromatic carbocycles. The average molecular weight is 224 g/mol. The zero-order valence-electron chi connectivity index (χ0n) is 11.3. The summed E-state index contributed by atoms with van der Waals surface area (Å²) in [5, 5.41) is 3.51. The van der Waals surface area contributed by atoms with Crippen molar-refractivity contribution in [2.45, 2.75) is 52.0 Å². The first-order valence-electron chi connectivity index (χ1n) is 7.04. The molecule has 2 nitrogen and oxygen atoms in total. The molecule has 1 saturated heterocycles. The number of piperazine rings is 1. The lowest BCUT2D eigenvalue weighted by Crippen LogP contribution is -2.59. The van der Waals surface area contributed by atoms with E-state index in [-0.39, 0.29) is 0 Å². The minimum atomic E-state index is 0.360. The van der Waals surface area contributed by atoms with Gasteiger partial charge in [0.15, 0.2) is 0 Å². The van der Waals surface area contributed by atoms with Crippen molar-refractivity contribution in [1.82, 2.24) is 10.2 Å². The lowest BCUT2D eigenvalue weighted by atomic mass is 9.81. The predicted octanol–water partition coefficient (Wildman–Crippen LogP) is 2.50. The van der Waals surface area contributed by atoms with Gasteiger partial charge in [0.05, 0.1) is 0 Å². The summed E-state index contributed by atoms with van der Waals surface area (Å²) in [6.07, 6.45) is 5.84. The number of hydrogen-bond acceptors (Lipinski definition) is 2. The summed E-state index contributed by atoms with van der Waals surface area (Å²) in [4.78, 5) is 2.71. The second-order valence-corrected chi connectivity index (χ2v) is 6.57. The Morgan fingerprint density at radius 1 is 1.31 bits per heavy atom. The van der Waals surface area contributed by atoms with Crippen LogP contribution in [-0.2, 0) is 0 Å². The Bertz CT molecular complexity index is 225. The molecule has 1 N–H and O–H groups in total. The van der Waals surface area contributed by atoms with Crippen LogP contribution in [0.1, 0.15) is 46.5 Å². The second-order valence-electron chi connectivity index (χ2n) is 6.57. The Labute approximate surface area is 101 Å². The fourth-order valence-corrected chi connectivity index (χ4v) is 3.40. The van der Waals surface area contributed by atoms with Crippen molar-refractivity contribution in [3.63, 3.8) is 0 Å². The van der Waals surface area contributed by atoms with E-state index in [1.807, 2.05) is 0 Å². The van der Waals surface area contributed by atoms with E-state index in [0.29, 0.717) is 5.54 Å². The van der Waals surface area contributed by atoms with Crippen molar-refractivity contribution in [2.75, 3.05) is 26.2 Å². The summed E-state index contributed by atoms with van der Waals surface area (Å²) in [7, 11) is 0. The van der Waals surface area contributed by atoms with E-state index in [1.165, 1.54) is 45.3 Å². The van der Waals surface area contributed by atoms with Crippen molar-refractivity contribution in [1.29, 1.82) is 0 Å². The summed E-state index contributed by atoms with van der Waals surface area (Å²) >= 11 is 0. The fourth-order valence-electron chi connectivity index (χ4n) is 3.40. The van der Waals surface area contributed by atoms with Gasteiger partial charge in [0.1, 0.15) is 0 Å². The van der Waals surface area contributed by atoms with Crippen molar-refractivity contribution in [3.8, 4) is 0 Å². The minimum Gasteiger partial charge on any atom is -0.314 e. The van der Waals surface area contributed by atoms with E-state index in [4.69, 9.17) is 0 Å². The first-order valence-corrected chi connectivity index (χ1v) is 7.04. The third kappa shape index (κ3) is 2.98. The van der Waals surface area contributed by atoms with Crippen LogP contribution in [0.5, 0.6) is 0 Å². The number of nitrogens with zero attached hydrogens (tertiary/aromatic N) is 1. The Morgan fingerprint density at radius 2 is 2.12 bits per heavy atom. The van der Waals surface area contributed by atoms with Gasteiger partial charge in [-0.05, 0) is 38.5 Å². The van der Waals surface area contributed by atoms with Crippen molar-refractivity contribution in [3.05, 3.63) is 0 Å². The van der Waals surface area contributed by atoms with Gasteiger partial charge in [0, 0.05) is 31.7 Å². The number of nitrogens with one attached hydrogen (secondary N) is 1. The minimum absolute atomic E-state index is 0.360. The summed E-state index contributed by atoms with van der Waals surface area (Å²) in [5.74, 6) is 1.92. The molecule has 0 spiro atoms. The summed E-state index contributed by atoms with van der Waals surface area (Å²) in [6, 6.07) is 0. The zero-order chi connectivity index (χ0) is 11.6. The van der Waals surface area contributed by atoms with Gasteiger partial charge in [0.2, 0.25) is 0 Å². The molecule has 2 aliphatic rings.